The van der Waals surface area contributed by atoms with Gasteiger partial charge in [0.2, 0.25) is 0 Å². The second-order valence-corrected chi connectivity index (χ2v) is 7.84. The van der Waals surface area contributed by atoms with Crippen molar-refractivity contribution in [1.29, 1.82) is 0 Å². The van der Waals surface area contributed by atoms with Crippen LogP contribution in [0, 0.1) is 5.82 Å². The summed E-state index contributed by atoms with van der Waals surface area (Å²) in [7, 11) is 0. The molecule has 0 fully saturated rings. The number of halogens is 5. The number of amides is 1. The molecule has 0 saturated heterocycles. The van der Waals surface area contributed by atoms with Crippen molar-refractivity contribution in [2.75, 3.05) is 6.54 Å². The number of furan rings is 1. The van der Waals surface area contributed by atoms with E-state index in [1.54, 1.807) is 12.1 Å². The zero-order valence-corrected chi connectivity index (χ0v) is 17.7. The molecule has 0 saturated carbocycles. The van der Waals surface area contributed by atoms with Gasteiger partial charge < -0.3 is 14.2 Å². The van der Waals surface area contributed by atoms with E-state index in [4.69, 9.17) is 20.9 Å². The summed E-state index contributed by atoms with van der Waals surface area (Å²) in [5.74, 6) is -0.731. The highest BCUT2D eigenvalue weighted by atomic mass is 35.5. The van der Waals surface area contributed by atoms with E-state index in [1.807, 2.05) is 0 Å². The van der Waals surface area contributed by atoms with Crippen LogP contribution >= 0.6 is 11.6 Å². The third-order valence-electron chi connectivity index (χ3n) is 5.00. The molecule has 3 aromatic rings. The summed E-state index contributed by atoms with van der Waals surface area (Å²) in [6.07, 6.45) is -4.80. The van der Waals surface area contributed by atoms with Crippen LogP contribution in [0.3, 0.4) is 0 Å². The average Bonchev–Trinajstić information content (AvgIpc) is 3.41. The Hall–Kier alpha value is -3.33. The minimum absolute atomic E-state index is 0.00698. The van der Waals surface area contributed by atoms with E-state index in [9.17, 15) is 22.4 Å². The zero-order valence-electron chi connectivity index (χ0n) is 17.0. The Morgan fingerprint density at radius 1 is 1.12 bits per heavy atom. The molecule has 0 radical (unpaired) electrons. The molecule has 0 spiro atoms. The van der Waals surface area contributed by atoms with E-state index in [0.29, 0.717) is 17.9 Å². The molecule has 2 heterocycles. The summed E-state index contributed by atoms with van der Waals surface area (Å²) in [4.78, 5) is 19.9. The second kappa shape index (κ2) is 9.27. The first kappa shape index (κ1) is 22.8. The van der Waals surface area contributed by atoms with Crippen LogP contribution in [0.1, 0.15) is 33.7 Å². The van der Waals surface area contributed by atoms with Crippen LogP contribution < -0.4 is 0 Å². The molecule has 0 aliphatic carbocycles. The van der Waals surface area contributed by atoms with Crippen molar-refractivity contribution in [3.05, 3.63) is 94.2 Å². The molecular formula is C23H17ClF4N2O3. The average molecular weight is 481 g/mol. The van der Waals surface area contributed by atoms with Crippen molar-refractivity contribution >= 4 is 23.2 Å². The highest BCUT2D eigenvalue weighted by molar-refractivity contribution is 6.29. The van der Waals surface area contributed by atoms with Gasteiger partial charge in [0.15, 0.2) is 17.1 Å². The fourth-order valence-electron chi connectivity index (χ4n) is 3.48. The number of carbonyl (C=O) groups is 1. The van der Waals surface area contributed by atoms with E-state index >= 15 is 0 Å². The van der Waals surface area contributed by atoms with Gasteiger partial charge in [0.25, 0.3) is 5.91 Å². The minimum Gasteiger partial charge on any atom is -0.443 e. The van der Waals surface area contributed by atoms with Crippen LogP contribution in [-0.4, -0.2) is 29.2 Å². The van der Waals surface area contributed by atoms with Gasteiger partial charge in [0, 0.05) is 18.5 Å². The maximum atomic E-state index is 13.7. The van der Waals surface area contributed by atoms with Gasteiger partial charge in [-0.25, -0.2) is 4.39 Å². The van der Waals surface area contributed by atoms with Crippen LogP contribution in [0.15, 0.2) is 70.2 Å². The lowest BCUT2D eigenvalue weighted by Crippen LogP contribution is -2.37. The van der Waals surface area contributed by atoms with Crippen LogP contribution in [0.25, 0.3) is 0 Å². The number of carbonyl (C=O) groups excluding carboxylic acids is 1. The van der Waals surface area contributed by atoms with E-state index < -0.39 is 29.6 Å². The summed E-state index contributed by atoms with van der Waals surface area (Å²) >= 11 is 5.79. The molecule has 0 bridgehead atoms. The predicted molar refractivity (Wildman–Crippen MR) is 112 cm³/mol. The number of alkyl halides is 3. The number of oxime groups is 1. The van der Waals surface area contributed by atoms with Crippen molar-refractivity contribution in [1.82, 2.24) is 4.90 Å². The number of benzene rings is 2. The Kier molecular flexibility index (Phi) is 6.42. The maximum Gasteiger partial charge on any atom is 0.416 e. The summed E-state index contributed by atoms with van der Waals surface area (Å²) in [5, 5.41) is 4.15. The Bertz CT molecular complexity index is 1190. The van der Waals surface area contributed by atoms with E-state index in [1.165, 1.54) is 35.2 Å². The minimum atomic E-state index is -4.52. The number of hydrogen-bond donors (Lipinski definition) is 0. The topological polar surface area (TPSA) is 55.0 Å². The third kappa shape index (κ3) is 5.54. The van der Waals surface area contributed by atoms with Gasteiger partial charge in [0.05, 0.1) is 12.1 Å². The molecule has 172 valence electrons. The first-order valence-electron chi connectivity index (χ1n) is 9.88. The molecule has 0 unspecified atom stereocenters. The van der Waals surface area contributed by atoms with E-state index in [0.717, 1.165) is 18.2 Å². The number of rotatable bonds is 6. The molecule has 1 aliphatic rings. The van der Waals surface area contributed by atoms with Crippen LogP contribution in [0.5, 0.6) is 0 Å². The Balaban J connectivity index is 1.55. The number of hydrogen-bond acceptors (Lipinski definition) is 4. The van der Waals surface area contributed by atoms with Gasteiger partial charge in [-0.05, 0) is 59.6 Å². The number of nitrogens with zero attached hydrogens (tertiary/aromatic N) is 2. The van der Waals surface area contributed by atoms with Gasteiger partial charge in [0.1, 0.15) is 11.5 Å². The van der Waals surface area contributed by atoms with Crippen molar-refractivity contribution in [3.63, 3.8) is 0 Å². The summed E-state index contributed by atoms with van der Waals surface area (Å²) in [5.41, 5.74) is 0.00479. The molecule has 1 aliphatic heterocycles. The quantitative estimate of drug-likeness (QED) is 0.411. The van der Waals surface area contributed by atoms with Crippen molar-refractivity contribution in [2.45, 2.75) is 25.2 Å². The Morgan fingerprint density at radius 3 is 2.61 bits per heavy atom. The molecule has 4 rings (SSSR count). The molecule has 1 aromatic heterocycles. The van der Waals surface area contributed by atoms with Gasteiger partial charge in [-0.3, -0.25) is 4.79 Å². The predicted octanol–water partition coefficient (Wildman–Crippen LogP) is 5.93. The van der Waals surface area contributed by atoms with Crippen LogP contribution in [0.4, 0.5) is 17.6 Å². The zero-order chi connectivity index (χ0) is 23.6. The first-order valence-corrected chi connectivity index (χ1v) is 10.3. The maximum absolute atomic E-state index is 13.7. The molecule has 1 amide bonds. The standard InChI is InChI=1S/C23H17ClF4N2O3/c24-21-8-7-20(32-21)19-11-18(33-29-19)13-30(22(31)15-4-2-6-17(25)10-15)12-14-3-1-5-16(9-14)23(26,27)28/h1-10,18H,11-13H2/t18-/m1/s1. The van der Waals surface area contributed by atoms with Gasteiger partial charge in [-0.1, -0.05) is 23.4 Å². The molecule has 10 heteroatoms. The van der Waals surface area contributed by atoms with Crippen LogP contribution in [0.2, 0.25) is 5.22 Å². The normalized spacial score (nSPS) is 15.8. The fraction of sp³-hybridized carbons (Fsp3) is 0.217. The lowest BCUT2D eigenvalue weighted by Gasteiger charge is -2.25. The largest absolute Gasteiger partial charge is 0.443 e. The van der Waals surface area contributed by atoms with Crippen molar-refractivity contribution < 1.29 is 31.6 Å². The summed E-state index contributed by atoms with van der Waals surface area (Å²) in [6.45, 7) is -0.131. The van der Waals surface area contributed by atoms with Gasteiger partial charge in [-0.15, -0.1) is 0 Å². The second-order valence-electron chi connectivity index (χ2n) is 7.47. The molecule has 1 atom stereocenters. The highest BCUT2D eigenvalue weighted by Crippen LogP contribution is 2.30. The lowest BCUT2D eigenvalue weighted by molar-refractivity contribution is -0.137. The third-order valence-corrected chi connectivity index (χ3v) is 5.20. The summed E-state index contributed by atoms with van der Waals surface area (Å²) in [6, 6.07) is 13.0. The Morgan fingerprint density at radius 2 is 1.91 bits per heavy atom. The first-order chi connectivity index (χ1) is 15.7. The lowest BCUT2D eigenvalue weighted by atomic mass is 10.1. The Labute approximate surface area is 191 Å². The molecule has 2 aromatic carbocycles. The van der Waals surface area contributed by atoms with Gasteiger partial charge >= 0.3 is 6.18 Å². The van der Waals surface area contributed by atoms with E-state index in [2.05, 4.69) is 5.16 Å². The molecule has 5 nitrogen and oxygen atoms in total. The SMILES string of the molecule is O=C(c1cccc(F)c1)N(Cc1cccc(C(F)(F)F)c1)C[C@H]1CC(c2ccc(Cl)o2)=NO1. The van der Waals surface area contributed by atoms with Crippen molar-refractivity contribution in [2.24, 2.45) is 5.16 Å². The molecular weight excluding hydrogens is 464 g/mol. The van der Waals surface area contributed by atoms with Crippen LogP contribution in [-0.2, 0) is 17.6 Å². The smallest absolute Gasteiger partial charge is 0.416 e. The van der Waals surface area contributed by atoms with E-state index in [-0.39, 0.29) is 29.4 Å². The molecule has 33 heavy (non-hydrogen) atoms. The highest BCUT2D eigenvalue weighted by Gasteiger charge is 2.32. The molecule has 0 N–H and O–H groups in total. The fourth-order valence-corrected chi connectivity index (χ4v) is 3.62. The van der Waals surface area contributed by atoms with Gasteiger partial charge in [-0.2, -0.15) is 13.2 Å². The van der Waals surface area contributed by atoms with Crippen molar-refractivity contribution in [3.8, 4) is 0 Å². The monoisotopic (exact) mass is 480 g/mol. The summed E-state index contributed by atoms with van der Waals surface area (Å²) < 4.78 is 58.4.